The number of rotatable bonds is 9. The number of hydrogen-bond acceptors (Lipinski definition) is 7. The lowest BCUT2D eigenvalue weighted by Gasteiger charge is -2.36. The Morgan fingerprint density at radius 1 is 0.775 bits per heavy atom. The molecular formula is C31H36N4O5. The number of ether oxygens (including phenoxy) is 2. The topological polar surface area (TPSA) is 91.4 Å². The first-order valence-corrected chi connectivity index (χ1v) is 13.9. The second-order valence-corrected chi connectivity index (χ2v) is 10.2. The third kappa shape index (κ3) is 7.24. The summed E-state index contributed by atoms with van der Waals surface area (Å²) in [6.45, 7) is 7.90. The van der Waals surface area contributed by atoms with Crippen molar-refractivity contribution < 1.29 is 23.9 Å². The molecule has 1 N–H and O–H groups in total. The van der Waals surface area contributed by atoms with Crippen molar-refractivity contribution in [1.29, 1.82) is 0 Å². The highest BCUT2D eigenvalue weighted by Crippen LogP contribution is 2.19. The maximum atomic E-state index is 12.6. The van der Waals surface area contributed by atoms with Crippen LogP contribution in [0.2, 0.25) is 0 Å². The van der Waals surface area contributed by atoms with Crippen molar-refractivity contribution in [3.05, 3.63) is 83.4 Å². The lowest BCUT2D eigenvalue weighted by Crippen LogP contribution is -2.52. The van der Waals surface area contributed by atoms with E-state index in [0.29, 0.717) is 50.5 Å². The lowest BCUT2D eigenvalue weighted by molar-refractivity contribution is -0.136. The van der Waals surface area contributed by atoms with Gasteiger partial charge in [-0.15, -0.1) is 0 Å². The maximum absolute atomic E-state index is 12.6. The zero-order valence-electron chi connectivity index (χ0n) is 22.7. The maximum Gasteiger partial charge on any atom is 0.338 e. The zero-order chi connectivity index (χ0) is 27.7. The minimum atomic E-state index is -0.425. The highest BCUT2D eigenvalue weighted by molar-refractivity contribution is 5.96. The highest BCUT2D eigenvalue weighted by Gasteiger charge is 2.23. The summed E-state index contributed by atoms with van der Waals surface area (Å²) in [7, 11) is 0. The summed E-state index contributed by atoms with van der Waals surface area (Å²) in [6.07, 6.45) is 0. The van der Waals surface area contributed by atoms with Crippen LogP contribution in [-0.4, -0.2) is 105 Å². The molecule has 3 aromatic rings. The van der Waals surface area contributed by atoms with Crippen LogP contribution >= 0.6 is 0 Å². The van der Waals surface area contributed by atoms with E-state index in [4.69, 9.17) is 9.47 Å². The molecule has 0 aromatic heterocycles. The van der Waals surface area contributed by atoms with E-state index in [-0.39, 0.29) is 18.4 Å². The SMILES string of the molecule is O=C(NCCN1CCN(CC(=O)N2CCOCC2)CC1)c1ccc(C(=O)OCc2cccc3ccccc23)cc1. The van der Waals surface area contributed by atoms with Gasteiger partial charge in [0.2, 0.25) is 5.91 Å². The summed E-state index contributed by atoms with van der Waals surface area (Å²) >= 11 is 0. The zero-order valence-corrected chi connectivity index (χ0v) is 22.7. The summed E-state index contributed by atoms with van der Waals surface area (Å²) < 4.78 is 10.9. The predicted octanol–water partition coefficient (Wildman–Crippen LogP) is 2.40. The van der Waals surface area contributed by atoms with Crippen LogP contribution in [0.15, 0.2) is 66.7 Å². The van der Waals surface area contributed by atoms with Crippen molar-refractivity contribution in [3.63, 3.8) is 0 Å². The van der Waals surface area contributed by atoms with Gasteiger partial charge in [0, 0.05) is 57.9 Å². The van der Waals surface area contributed by atoms with Gasteiger partial charge in [-0.05, 0) is 40.6 Å². The fourth-order valence-electron chi connectivity index (χ4n) is 5.11. The van der Waals surface area contributed by atoms with Gasteiger partial charge in [-0.25, -0.2) is 4.79 Å². The van der Waals surface area contributed by atoms with Crippen molar-refractivity contribution in [1.82, 2.24) is 20.0 Å². The van der Waals surface area contributed by atoms with Gasteiger partial charge in [-0.2, -0.15) is 0 Å². The summed E-state index contributed by atoms with van der Waals surface area (Å²) in [5, 5.41) is 5.12. The average Bonchev–Trinajstić information content (AvgIpc) is 3.01. The number of amides is 2. The minimum absolute atomic E-state index is 0.174. The van der Waals surface area contributed by atoms with Crippen LogP contribution in [0.3, 0.4) is 0 Å². The molecule has 2 fully saturated rings. The Kier molecular flexibility index (Phi) is 9.38. The van der Waals surface area contributed by atoms with Crippen LogP contribution < -0.4 is 5.32 Å². The molecule has 0 unspecified atom stereocenters. The molecule has 0 spiro atoms. The Labute approximate surface area is 234 Å². The molecule has 0 bridgehead atoms. The molecule has 5 rings (SSSR count). The predicted molar refractivity (Wildman–Crippen MR) is 152 cm³/mol. The number of hydrogen-bond donors (Lipinski definition) is 1. The molecule has 3 aromatic carbocycles. The van der Waals surface area contributed by atoms with E-state index in [1.165, 1.54) is 0 Å². The van der Waals surface area contributed by atoms with Crippen LogP contribution in [0.5, 0.6) is 0 Å². The summed E-state index contributed by atoms with van der Waals surface area (Å²) in [5.41, 5.74) is 1.85. The lowest BCUT2D eigenvalue weighted by atomic mass is 10.1. The fourth-order valence-corrected chi connectivity index (χ4v) is 5.11. The molecule has 2 heterocycles. The molecular weight excluding hydrogens is 508 g/mol. The van der Waals surface area contributed by atoms with Gasteiger partial charge < -0.3 is 19.7 Å². The monoisotopic (exact) mass is 544 g/mol. The second kappa shape index (κ2) is 13.5. The minimum Gasteiger partial charge on any atom is -0.457 e. The normalized spacial score (nSPS) is 16.6. The van der Waals surface area contributed by atoms with Gasteiger partial charge >= 0.3 is 5.97 Å². The molecule has 0 radical (unpaired) electrons. The number of fused-ring (bicyclic) bond motifs is 1. The molecule has 2 saturated heterocycles. The molecule has 2 amide bonds. The number of nitrogens with zero attached hydrogens (tertiary/aromatic N) is 3. The van der Waals surface area contributed by atoms with Crippen LogP contribution in [0.4, 0.5) is 0 Å². The molecule has 9 heteroatoms. The Bertz CT molecular complexity index is 1310. The molecule has 210 valence electrons. The van der Waals surface area contributed by atoms with E-state index in [2.05, 4.69) is 15.1 Å². The van der Waals surface area contributed by atoms with Crippen LogP contribution in [-0.2, 0) is 20.9 Å². The van der Waals surface area contributed by atoms with Crippen LogP contribution in [0.25, 0.3) is 10.8 Å². The Balaban J connectivity index is 1.01. The smallest absolute Gasteiger partial charge is 0.338 e. The molecule has 0 aliphatic carbocycles. The summed E-state index contributed by atoms with van der Waals surface area (Å²) in [6, 6.07) is 20.5. The highest BCUT2D eigenvalue weighted by atomic mass is 16.5. The van der Waals surface area contributed by atoms with Gasteiger partial charge in [-0.1, -0.05) is 42.5 Å². The number of nitrogens with one attached hydrogen (secondary N) is 1. The average molecular weight is 545 g/mol. The quantitative estimate of drug-likeness (QED) is 0.414. The van der Waals surface area contributed by atoms with Gasteiger partial charge in [0.05, 0.1) is 25.3 Å². The van der Waals surface area contributed by atoms with Gasteiger partial charge in [0.25, 0.3) is 5.91 Å². The molecule has 2 aliphatic heterocycles. The standard InChI is InChI=1S/C31H36N4O5/c36-29(35-18-20-39-21-19-35)22-34-16-14-33(15-17-34)13-12-32-30(37)25-8-10-26(11-9-25)31(38)40-23-27-6-3-5-24-4-1-2-7-28(24)27/h1-11H,12-23H2,(H,32,37). The molecule has 2 aliphatic rings. The van der Waals surface area contributed by atoms with Crippen molar-refractivity contribution in [2.24, 2.45) is 0 Å². The van der Waals surface area contributed by atoms with E-state index in [0.717, 1.165) is 49.1 Å². The van der Waals surface area contributed by atoms with Crippen molar-refractivity contribution >= 4 is 28.6 Å². The van der Waals surface area contributed by atoms with Crippen molar-refractivity contribution in [2.75, 3.05) is 72.1 Å². The first-order valence-electron chi connectivity index (χ1n) is 13.9. The van der Waals surface area contributed by atoms with E-state index >= 15 is 0 Å². The first kappa shape index (κ1) is 27.8. The fraction of sp³-hybridized carbons (Fsp3) is 0.387. The number of carbonyl (C=O) groups excluding carboxylic acids is 3. The van der Waals surface area contributed by atoms with Crippen molar-refractivity contribution in [3.8, 4) is 0 Å². The first-order chi connectivity index (χ1) is 19.6. The van der Waals surface area contributed by atoms with Crippen molar-refractivity contribution in [2.45, 2.75) is 6.61 Å². The second-order valence-electron chi connectivity index (χ2n) is 10.2. The summed E-state index contributed by atoms with van der Waals surface area (Å²) in [4.78, 5) is 44.0. The number of morpholine rings is 1. The van der Waals surface area contributed by atoms with Crippen LogP contribution in [0, 0.1) is 0 Å². The molecule has 0 saturated carbocycles. The Morgan fingerprint density at radius 3 is 2.23 bits per heavy atom. The van der Waals surface area contributed by atoms with Crippen LogP contribution in [0.1, 0.15) is 26.3 Å². The number of benzene rings is 3. The third-order valence-corrected chi connectivity index (χ3v) is 7.52. The molecule has 40 heavy (non-hydrogen) atoms. The van der Waals surface area contributed by atoms with Gasteiger partial charge in [0.1, 0.15) is 6.61 Å². The third-order valence-electron chi connectivity index (χ3n) is 7.52. The van der Waals surface area contributed by atoms with E-state index in [9.17, 15) is 14.4 Å². The Morgan fingerprint density at radius 2 is 1.45 bits per heavy atom. The molecule has 0 atom stereocenters. The summed E-state index contributed by atoms with van der Waals surface area (Å²) in [5.74, 6) is -0.427. The number of esters is 1. The van der Waals surface area contributed by atoms with Gasteiger partial charge in [0.15, 0.2) is 0 Å². The Hall–Kier alpha value is -3.79. The van der Waals surface area contributed by atoms with E-state index in [1.54, 1.807) is 24.3 Å². The van der Waals surface area contributed by atoms with Gasteiger partial charge in [-0.3, -0.25) is 19.4 Å². The molecule has 9 nitrogen and oxygen atoms in total. The number of piperazine rings is 1. The number of carbonyl (C=O) groups is 3. The van der Waals surface area contributed by atoms with E-state index < -0.39 is 5.97 Å². The largest absolute Gasteiger partial charge is 0.457 e. The van der Waals surface area contributed by atoms with E-state index in [1.807, 2.05) is 47.4 Å².